The number of pyridine rings is 1. The topological polar surface area (TPSA) is 77.2 Å². The Kier molecular flexibility index (Phi) is 4.46. The third-order valence-corrected chi connectivity index (χ3v) is 2.38. The molecule has 17 heavy (non-hydrogen) atoms. The van der Waals surface area contributed by atoms with Crippen LogP contribution in [0.15, 0.2) is 18.3 Å². The average Bonchev–Trinajstić information content (AvgIpc) is 2.29. The zero-order valence-electron chi connectivity index (χ0n) is 9.92. The van der Waals surface area contributed by atoms with E-state index >= 15 is 0 Å². The van der Waals surface area contributed by atoms with Gasteiger partial charge in [0.1, 0.15) is 5.82 Å². The van der Waals surface area contributed by atoms with Crippen LogP contribution in [0.4, 0.5) is 5.82 Å². The third-order valence-electron chi connectivity index (χ3n) is 2.38. The molecule has 0 bridgehead atoms. The van der Waals surface area contributed by atoms with Crippen LogP contribution in [-0.4, -0.2) is 28.6 Å². The summed E-state index contributed by atoms with van der Waals surface area (Å²) in [5.74, 6) is -0.294. The molecule has 1 aromatic heterocycles. The first kappa shape index (κ1) is 13.0. The van der Waals surface area contributed by atoms with E-state index in [1.54, 1.807) is 6.07 Å². The van der Waals surface area contributed by atoms with Crippen LogP contribution in [0, 0.1) is 11.3 Å². The minimum absolute atomic E-state index is 0.165. The van der Waals surface area contributed by atoms with Gasteiger partial charge in [-0.25, -0.2) is 9.78 Å². The molecular formula is C12H15N3O2. The fourth-order valence-corrected chi connectivity index (χ4v) is 1.49. The van der Waals surface area contributed by atoms with Crippen molar-refractivity contribution in [2.24, 2.45) is 0 Å². The van der Waals surface area contributed by atoms with Crippen LogP contribution >= 0.6 is 0 Å². The number of nitriles is 1. The summed E-state index contributed by atoms with van der Waals surface area (Å²) in [6.07, 6.45) is 1.75. The summed E-state index contributed by atoms with van der Waals surface area (Å²) in [5.41, 5.74) is 0.165. The van der Waals surface area contributed by atoms with Gasteiger partial charge in [-0.1, -0.05) is 0 Å². The fourth-order valence-electron chi connectivity index (χ4n) is 1.49. The summed E-state index contributed by atoms with van der Waals surface area (Å²) in [6.45, 7) is 4.60. The predicted molar refractivity (Wildman–Crippen MR) is 63.9 cm³/mol. The van der Waals surface area contributed by atoms with Gasteiger partial charge in [-0.2, -0.15) is 5.26 Å². The quantitative estimate of drug-likeness (QED) is 0.840. The van der Waals surface area contributed by atoms with Crippen molar-refractivity contribution in [2.75, 3.05) is 11.4 Å². The Morgan fingerprint density at radius 2 is 2.29 bits per heavy atom. The molecule has 5 heteroatoms. The Balaban J connectivity index is 2.88. The summed E-state index contributed by atoms with van der Waals surface area (Å²) >= 11 is 0. The van der Waals surface area contributed by atoms with E-state index in [-0.39, 0.29) is 11.6 Å². The van der Waals surface area contributed by atoms with E-state index in [1.165, 1.54) is 12.3 Å². The molecule has 90 valence electrons. The molecule has 0 unspecified atom stereocenters. The molecule has 0 fully saturated rings. The monoisotopic (exact) mass is 233 g/mol. The molecule has 1 N–H and O–H groups in total. The lowest BCUT2D eigenvalue weighted by molar-refractivity contribution is 0.0696. The van der Waals surface area contributed by atoms with Crippen molar-refractivity contribution >= 4 is 11.8 Å². The van der Waals surface area contributed by atoms with Gasteiger partial charge in [-0.3, -0.25) is 0 Å². The van der Waals surface area contributed by atoms with Crippen molar-refractivity contribution < 1.29 is 9.90 Å². The summed E-state index contributed by atoms with van der Waals surface area (Å²) in [4.78, 5) is 16.8. The fraction of sp³-hybridized carbons (Fsp3) is 0.417. The van der Waals surface area contributed by atoms with Crippen molar-refractivity contribution in [3.8, 4) is 6.07 Å². The van der Waals surface area contributed by atoms with Crippen molar-refractivity contribution in [1.29, 1.82) is 5.26 Å². The maximum Gasteiger partial charge on any atom is 0.337 e. The highest BCUT2D eigenvalue weighted by molar-refractivity contribution is 5.87. The number of rotatable bonds is 5. The van der Waals surface area contributed by atoms with Crippen molar-refractivity contribution in [3.05, 3.63) is 23.9 Å². The largest absolute Gasteiger partial charge is 0.478 e. The average molecular weight is 233 g/mol. The third kappa shape index (κ3) is 3.45. The summed E-state index contributed by atoms with van der Waals surface area (Å²) < 4.78 is 0. The van der Waals surface area contributed by atoms with Gasteiger partial charge >= 0.3 is 5.97 Å². The second-order valence-corrected chi connectivity index (χ2v) is 3.91. The lowest BCUT2D eigenvalue weighted by Gasteiger charge is -2.26. The summed E-state index contributed by atoms with van der Waals surface area (Å²) in [7, 11) is 0. The van der Waals surface area contributed by atoms with E-state index in [1.807, 2.05) is 18.7 Å². The van der Waals surface area contributed by atoms with Gasteiger partial charge in [0.25, 0.3) is 0 Å². The zero-order chi connectivity index (χ0) is 12.8. The molecule has 0 aliphatic heterocycles. The molecule has 0 aliphatic carbocycles. The SMILES string of the molecule is CC(C)N(CCC#N)c1ccc(C(=O)O)cn1. The van der Waals surface area contributed by atoms with E-state index in [0.717, 1.165) is 0 Å². The number of nitrogens with zero attached hydrogens (tertiary/aromatic N) is 3. The van der Waals surface area contributed by atoms with E-state index in [0.29, 0.717) is 18.8 Å². The van der Waals surface area contributed by atoms with Crippen LogP contribution in [0.2, 0.25) is 0 Å². The molecule has 1 heterocycles. The first-order valence-electron chi connectivity index (χ1n) is 5.39. The molecule has 0 saturated heterocycles. The molecule has 0 spiro atoms. The molecule has 0 atom stereocenters. The predicted octanol–water partition coefficient (Wildman–Crippen LogP) is 1.91. The Morgan fingerprint density at radius 1 is 1.59 bits per heavy atom. The number of hydrogen-bond donors (Lipinski definition) is 1. The van der Waals surface area contributed by atoms with E-state index in [2.05, 4.69) is 11.1 Å². The first-order valence-corrected chi connectivity index (χ1v) is 5.39. The molecule has 0 amide bonds. The molecule has 0 radical (unpaired) electrons. The van der Waals surface area contributed by atoms with E-state index in [4.69, 9.17) is 10.4 Å². The van der Waals surface area contributed by atoms with Crippen LogP contribution in [0.1, 0.15) is 30.6 Å². The van der Waals surface area contributed by atoms with Crippen LogP contribution in [0.25, 0.3) is 0 Å². The Morgan fingerprint density at radius 3 is 2.71 bits per heavy atom. The van der Waals surface area contributed by atoms with Crippen molar-refractivity contribution in [2.45, 2.75) is 26.3 Å². The molecule has 1 aromatic rings. The highest BCUT2D eigenvalue weighted by atomic mass is 16.4. The standard InChI is InChI=1S/C12H15N3O2/c1-9(2)15(7-3-6-13)11-5-4-10(8-14-11)12(16)17/h4-5,8-9H,3,7H2,1-2H3,(H,16,17). The van der Waals surface area contributed by atoms with E-state index in [9.17, 15) is 4.79 Å². The van der Waals surface area contributed by atoms with Crippen LogP contribution < -0.4 is 4.90 Å². The summed E-state index contributed by atoms with van der Waals surface area (Å²) in [6, 6.07) is 5.49. The van der Waals surface area contributed by atoms with Crippen molar-refractivity contribution in [1.82, 2.24) is 4.98 Å². The lowest BCUT2D eigenvalue weighted by atomic mass is 10.2. The Hall–Kier alpha value is -2.09. The lowest BCUT2D eigenvalue weighted by Crippen LogP contribution is -2.32. The maximum atomic E-state index is 10.7. The number of aromatic carboxylic acids is 1. The molecule has 1 rings (SSSR count). The number of hydrogen-bond acceptors (Lipinski definition) is 4. The number of carboxylic acids is 1. The minimum Gasteiger partial charge on any atom is -0.478 e. The smallest absolute Gasteiger partial charge is 0.337 e. The van der Waals surface area contributed by atoms with Gasteiger partial charge in [0.15, 0.2) is 0 Å². The molecule has 0 aromatic carbocycles. The Bertz CT molecular complexity index is 420. The number of carbonyl (C=O) groups is 1. The molecule has 0 saturated carbocycles. The number of aromatic nitrogens is 1. The number of carboxylic acid groups (broad SMARTS) is 1. The Labute approximate surface area is 100 Å². The van der Waals surface area contributed by atoms with Gasteiger partial charge in [0.2, 0.25) is 0 Å². The normalized spacial score (nSPS) is 10.0. The van der Waals surface area contributed by atoms with Crippen LogP contribution in [-0.2, 0) is 0 Å². The maximum absolute atomic E-state index is 10.7. The van der Waals surface area contributed by atoms with Gasteiger partial charge in [0.05, 0.1) is 18.1 Å². The van der Waals surface area contributed by atoms with Crippen LogP contribution in [0.3, 0.4) is 0 Å². The second-order valence-electron chi connectivity index (χ2n) is 3.91. The van der Waals surface area contributed by atoms with E-state index < -0.39 is 5.97 Å². The summed E-state index contributed by atoms with van der Waals surface area (Å²) in [5, 5.41) is 17.4. The minimum atomic E-state index is -0.989. The zero-order valence-corrected chi connectivity index (χ0v) is 9.92. The van der Waals surface area contributed by atoms with Gasteiger partial charge in [-0.15, -0.1) is 0 Å². The number of anilines is 1. The van der Waals surface area contributed by atoms with Gasteiger partial charge in [-0.05, 0) is 26.0 Å². The van der Waals surface area contributed by atoms with Crippen LogP contribution in [0.5, 0.6) is 0 Å². The molecule has 0 aliphatic rings. The van der Waals surface area contributed by atoms with Crippen molar-refractivity contribution in [3.63, 3.8) is 0 Å². The molecule has 5 nitrogen and oxygen atoms in total. The van der Waals surface area contributed by atoms with Gasteiger partial charge in [0, 0.05) is 18.8 Å². The van der Waals surface area contributed by atoms with Gasteiger partial charge < -0.3 is 10.0 Å². The second kappa shape index (κ2) is 5.85. The first-order chi connectivity index (χ1) is 8.06. The highest BCUT2D eigenvalue weighted by Gasteiger charge is 2.12. The highest BCUT2D eigenvalue weighted by Crippen LogP contribution is 2.14. The molecular weight excluding hydrogens is 218 g/mol.